The summed E-state index contributed by atoms with van der Waals surface area (Å²) in [7, 11) is 0. The molecule has 0 spiro atoms. The molecule has 0 aromatic carbocycles. The molecule has 0 amide bonds. The monoisotopic (exact) mass is 239 g/mol. The van der Waals surface area contributed by atoms with Gasteiger partial charge in [-0.1, -0.05) is 11.6 Å². The molecule has 88 valence electrons. The first-order valence-corrected chi connectivity index (χ1v) is 6.22. The minimum absolute atomic E-state index is 0.562. The van der Waals surface area contributed by atoms with E-state index in [-0.39, 0.29) is 0 Å². The van der Waals surface area contributed by atoms with Crippen molar-refractivity contribution in [2.45, 2.75) is 25.8 Å². The molecular formula is C12H18ClN3. The number of anilines is 1. The maximum Gasteiger partial charge on any atom is 0.0820 e. The summed E-state index contributed by atoms with van der Waals surface area (Å²) in [6, 6.07) is 2.48. The molecule has 0 saturated carbocycles. The van der Waals surface area contributed by atoms with Crippen molar-refractivity contribution in [3.63, 3.8) is 0 Å². The summed E-state index contributed by atoms with van der Waals surface area (Å²) in [5, 5.41) is 4.07. The largest absolute Gasteiger partial charge is 0.382 e. The van der Waals surface area contributed by atoms with Crippen LogP contribution in [0.2, 0.25) is 5.02 Å². The Hall–Kier alpha value is -0.800. The summed E-state index contributed by atoms with van der Waals surface area (Å²) in [6.07, 6.45) is 6.10. The van der Waals surface area contributed by atoms with Gasteiger partial charge in [-0.25, -0.2) is 0 Å². The predicted octanol–water partition coefficient (Wildman–Crippen LogP) is 2.63. The van der Waals surface area contributed by atoms with E-state index in [9.17, 15) is 0 Å². The molecule has 2 rings (SSSR count). The highest BCUT2D eigenvalue weighted by atomic mass is 35.5. The third kappa shape index (κ3) is 2.86. The fourth-order valence-corrected chi connectivity index (χ4v) is 2.27. The van der Waals surface area contributed by atoms with Crippen LogP contribution in [0.5, 0.6) is 0 Å². The van der Waals surface area contributed by atoms with Crippen molar-refractivity contribution in [1.82, 2.24) is 9.88 Å². The zero-order valence-electron chi connectivity index (χ0n) is 9.62. The Morgan fingerprint density at radius 2 is 2.25 bits per heavy atom. The Labute approximate surface area is 102 Å². The Morgan fingerprint density at radius 3 is 2.94 bits per heavy atom. The molecule has 2 heterocycles. The van der Waals surface area contributed by atoms with Crippen LogP contribution in [0.1, 0.15) is 19.8 Å². The maximum atomic E-state index is 6.03. The maximum absolute atomic E-state index is 6.03. The number of nitrogens with one attached hydrogen (secondary N) is 1. The number of likely N-dealkylation sites (tertiary alicyclic amines) is 1. The lowest BCUT2D eigenvalue weighted by atomic mass is 10.3. The number of halogens is 1. The van der Waals surface area contributed by atoms with Crippen LogP contribution in [0.4, 0.5) is 5.69 Å². The van der Waals surface area contributed by atoms with E-state index in [1.165, 1.54) is 25.9 Å². The molecule has 1 fully saturated rings. The third-order valence-electron chi connectivity index (χ3n) is 3.12. The van der Waals surface area contributed by atoms with Crippen molar-refractivity contribution in [3.8, 4) is 0 Å². The van der Waals surface area contributed by atoms with Crippen LogP contribution in [-0.2, 0) is 0 Å². The first-order chi connectivity index (χ1) is 7.77. The van der Waals surface area contributed by atoms with Crippen molar-refractivity contribution in [2.75, 3.05) is 25.0 Å². The van der Waals surface area contributed by atoms with E-state index in [4.69, 9.17) is 11.6 Å². The number of pyridine rings is 1. The zero-order chi connectivity index (χ0) is 11.4. The van der Waals surface area contributed by atoms with Crippen molar-refractivity contribution in [2.24, 2.45) is 0 Å². The molecule has 1 aromatic rings. The van der Waals surface area contributed by atoms with E-state index in [0.717, 1.165) is 12.2 Å². The van der Waals surface area contributed by atoms with E-state index in [0.29, 0.717) is 11.1 Å². The fraction of sp³-hybridized carbons (Fsp3) is 0.583. The van der Waals surface area contributed by atoms with Gasteiger partial charge in [-0.05, 0) is 38.9 Å². The summed E-state index contributed by atoms with van der Waals surface area (Å²) in [5.74, 6) is 0. The third-order valence-corrected chi connectivity index (χ3v) is 3.43. The molecule has 0 aliphatic carbocycles. The molecule has 1 aromatic heterocycles. The fourth-order valence-electron chi connectivity index (χ4n) is 2.09. The molecule has 1 unspecified atom stereocenters. The van der Waals surface area contributed by atoms with Crippen LogP contribution in [0.3, 0.4) is 0 Å². The Kier molecular flexibility index (Phi) is 4.02. The van der Waals surface area contributed by atoms with Crippen molar-refractivity contribution >= 4 is 17.3 Å². The van der Waals surface area contributed by atoms with Gasteiger partial charge in [-0.15, -0.1) is 0 Å². The summed E-state index contributed by atoms with van der Waals surface area (Å²) in [6.45, 7) is 5.65. The van der Waals surface area contributed by atoms with E-state index in [1.54, 1.807) is 12.4 Å². The van der Waals surface area contributed by atoms with Crippen LogP contribution >= 0.6 is 11.6 Å². The van der Waals surface area contributed by atoms with Gasteiger partial charge < -0.3 is 5.32 Å². The van der Waals surface area contributed by atoms with Gasteiger partial charge in [0.25, 0.3) is 0 Å². The second-order valence-electron chi connectivity index (χ2n) is 4.33. The summed E-state index contributed by atoms with van der Waals surface area (Å²) in [4.78, 5) is 6.48. The van der Waals surface area contributed by atoms with E-state index in [1.807, 2.05) is 6.07 Å². The van der Waals surface area contributed by atoms with Gasteiger partial charge in [0.1, 0.15) is 0 Å². The second kappa shape index (κ2) is 5.51. The van der Waals surface area contributed by atoms with Gasteiger partial charge in [0.05, 0.1) is 10.7 Å². The molecule has 1 atom stereocenters. The molecule has 1 N–H and O–H groups in total. The number of rotatable bonds is 4. The van der Waals surface area contributed by atoms with Crippen LogP contribution in [0.15, 0.2) is 18.5 Å². The first kappa shape index (κ1) is 11.7. The standard InChI is InChI=1S/C12H18ClN3/c1-10(16-6-2-3-7-16)8-15-12-4-5-14-9-11(12)13/h4-5,9-10H,2-3,6-8H2,1H3,(H,14,15). The molecular weight excluding hydrogens is 222 g/mol. The molecule has 1 aliphatic heterocycles. The minimum atomic E-state index is 0.562. The van der Waals surface area contributed by atoms with Crippen molar-refractivity contribution in [1.29, 1.82) is 0 Å². The Bertz CT molecular complexity index is 337. The van der Waals surface area contributed by atoms with Crippen LogP contribution in [0, 0.1) is 0 Å². The van der Waals surface area contributed by atoms with Crippen LogP contribution in [-0.4, -0.2) is 35.6 Å². The lowest BCUT2D eigenvalue weighted by Crippen LogP contribution is -2.35. The quantitative estimate of drug-likeness (QED) is 0.876. The second-order valence-corrected chi connectivity index (χ2v) is 4.74. The van der Waals surface area contributed by atoms with Crippen molar-refractivity contribution in [3.05, 3.63) is 23.5 Å². The van der Waals surface area contributed by atoms with Gasteiger partial charge in [0.2, 0.25) is 0 Å². The SMILES string of the molecule is CC(CNc1ccncc1Cl)N1CCCC1. The van der Waals surface area contributed by atoms with Gasteiger partial charge in [0.15, 0.2) is 0 Å². The smallest absolute Gasteiger partial charge is 0.0820 e. The highest BCUT2D eigenvalue weighted by Gasteiger charge is 2.17. The number of aromatic nitrogens is 1. The Balaban J connectivity index is 1.84. The highest BCUT2D eigenvalue weighted by molar-refractivity contribution is 6.33. The molecule has 16 heavy (non-hydrogen) atoms. The lowest BCUT2D eigenvalue weighted by Gasteiger charge is -2.24. The van der Waals surface area contributed by atoms with E-state index in [2.05, 4.69) is 22.1 Å². The molecule has 1 saturated heterocycles. The molecule has 4 heteroatoms. The lowest BCUT2D eigenvalue weighted by molar-refractivity contribution is 0.269. The molecule has 0 bridgehead atoms. The predicted molar refractivity (Wildman–Crippen MR) is 68.0 cm³/mol. The van der Waals surface area contributed by atoms with Gasteiger partial charge in [-0.3, -0.25) is 9.88 Å². The van der Waals surface area contributed by atoms with E-state index >= 15 is 0 Å². The number of hydrogen-bond acceptors (Lipinski definition) is 3. The molecule has 0 radical (unpaired) electrons. The van der Waals surface area contributed by atoms with E-state index < -0.39 is 0 Å². The highest BCUT2D eigenvalue weighted by Crippen LogP contribution is 2.19. The van der Waals surface area contributed by atoms with Gasteiger partial charge in [-0.2, -0.15) is 0 Å². The molecule has 1 aliphatic rings. The van der Waals surface area contributed by atoms with Crippen LogP contribution < -0.4 is 5.32 Å². The Morgan fingerprint density at radius 1 is 1.50 bits per heavy atom. The van der Waals surface area contributed by atoms with Gasteiger partial charge in [0, 0.05) is 25.0 Å². The summed E-state index contributed by atoms with van der Waals surface area (Å²) in [5.41, 5.74) is 0.975. The minimum Gasteiger partial charge on any atom is -0.382 e. The average molecular weight is 240 g/mol. The number of hydrogen-bond donors (Lipinski definition) is 1. The summed E-state index contributed by atoms with van der Waals surface area (Å²) < 4.78 is 0. The normalized spacial score (nSPS) is 18.6. The molecule has 3 nitrogen and oxygen atoms in total. The topological polar surface area (TPSA) is 28.2 Å². The number of nitrogens with zero attached hydrogens (tertiary/aromatic N) is 2. The average Bonchev–Trinajstić information content (AvgIpc) is 2.81. The first-order valence-electron chi connectivity index (χ1n) is 5.85. The summed E-state index contributed by atoms with van der Waals surface area (Å²) >= 11 is 6.03. The van der Waals surface area contributed by atoms with Crippen molar-refractivity contribution < 1.29 is 0 Å². The zero-order valence-corrected chi connectivity index (χ0v) is 10.4. The van der Waals surface area contributed by atoms with Crippen LogP contribution in [0.25, 0.3) is 0 Å². The van der Waals surface area contributed by atoms with Gasteiger partial charge >= 0.3 is 0 Å².